The third kappa shape index (κ3) is 5.81. The van der Waals surface area contributed by atoms with Crippen LogP contribution in [0.25, 0.3) is 0 Å². The van der Waals surface area contributed by atoms with Crippen molar-refractivity contribution in [3.8, 4) is 5.75 Å². The molecule has 29 heavy (non-hydrogen) atoms. The normalized spacial score (nSPS) is 10.7. The monoisotopic (exact) mass is 579 g/mol. The van der Waals surface area contributed by atoms with Crippen LogP contribution in [-0.2, 0) is 0 Å². The summed E-state index contributed by atoms with van der Waals surface area (Å²) in [4.78, 5) is 28.5. The van der Waals surface area contributed by atoms with Gasteiger partial charge in [0.05, 0.1) is 16.3 Å². The molecule has 146 valence electrons. The summed E-state index contributed by atoms with van der Waals surface area (Å²) in [7, 11) is 0. The van der Waals surface area contributed by atoms with Crippen LogP contribution in [0.4, 0.5) is 0 Å². The number of ether oxygens (including phenoxy) is 1. The molecule has 0 atom stereocenters. The molecule has 0 fully saturated rings. The van der Waals surface area contributed by atoms with Crippen LogP contribution in [0.5, 0.6) is 5.75 Å². The molecule has 0 saturated carbocycles. The smallest absolute Gasteiger partial charge is 0.343 e. The number of aromatic nitrogens is 1. The van der Waals surface area contributed by atoms with Crippen LogP contribution in [0.2, 0.25) is 0 Å². The number of hydrogen-bond acceptors (Lipinski definition) is 5. The van der Waals surface area contributed by atoms with Gasteiger partial charge in [-0.2, -0.15) is 5.10 Å². The summed E-state index contributed by atoms with van der Waals surface area (Å²) >= 11 is 10.1. The predicted octanol–water partition coefficient (Wildman–Crippen LogP) is 5.35. The molecule has 0 unspecified atom stereocenters. The summed E-state index contributed by atoms with van der Waals surface area (Å²) in [5, 5.41) is 3.97. The highest BCUT2D eigenvalue weighted by molar-refractivity contribution is 9.11. The summed E-state index contributed by atoms with van der Waals surface area (Å²) in [6, 6.07) is 13.5. The van der Waals surface area contributed by atoms with Crippen molar-refractivity contribution in [2.75, 3.05) is 0 Å². The fraction of sp³-hybridized carbons (Fsp3) is 0. The van der Waals surface area contributed by atoms with E-state index in [1.54, 1.807) is 42.5 Å². The number of rotatable bonds is 5. The first-order chi connectivity index (χ1) is 13.9. The number of nitrogens with one attached hydrogen (secondary N) is 1. The highest BCUT2D eigenvalue weighted by Gasteiger charge is 2.15. The van der Waals surface area contributed by atoms with E-state index in [-0.39, 0.29) is 11.7 Å². The molecule has 1 N–H and O–H groups in total. The summed E-state index contributed by atoms with van der Waals surface area (Å²) in [5.41, 5.74) is 3.74. The highest BCUT2D eigenvalue weighted by Crippen LogP contribution is 2.32. The first kappa shape index (κ1) is 21.4. The second-order valence-corrected chi connectivity index (χ2v) is 8.33. The molecule has 3 rings (SSSR count). The van der Waals surface area contributed by atoms with Crippen LogP contribution < -0.4 is 10.2 Å². The molecule has 0 aliphatic heterocycles. The molecule has 1 aromatic heterocycles. The van der Waals surface area contributed by atoms with Gasteiger partial charge in [0.15, 0.2) is 5.75 Å². The molecule has 3 aromatic rings. The van der Waals surface area contributed by atoms with Crippen molar-refractivity contribution < 1.29 is 14.3 Å². The number of carbonyl (C=O) groups excluding carboxylic acids is 2. The molecule has 0 saturated heterocycles. The number of pyridine rings is 1. The number of esters is 1. The van der Waals surface area contributed by atoms with E-state index < -0.39 is 5.97 Å². The minimum Gasteiger partial charge on any atom is -0.421 e. The van der Waals surface area contributed by atoms with Crippen molar-refractivity contribution in [1.82, 2.24) is 10.4 Å². The number of halogens is 3. The lowest BCUT2D eigenvalue weighted by atomic mass is 10.2. The van der Waals surface area contributed by atoms with Crippen LogP contribution >= 0.6 is 47.8 Å². The fourth-order valence-corrected chi connectivity index (χ4v) is 4.02. The summed E-state index contributed by atoms with van der Waals surface area (Å²) in [6.45, 7) is 0. The highest BCUT2D eigenvalue weighted by atomic mass is 79.9. The first-order valence-electron chi connectivity index (χ1n) is 8.14. The maximum Gasteiger partial charge on any atom is 0.343 e. The van der Waals surface area contributed by atoms with Crippen LogP contribution in [0.1, 0.15) is 26.3 Å². The van der Waals surface area contributed by atoms with Gasteiger partial charge in [0.25, 0.3) is 5.91 Å². The van der Waals surface area contributed by atoms with E-state index in [4.69, 9.17) is 4.74 Å². The number of nitrogens with zero attached hydrogens (tertiary/aromatic N) is 2. The molecule has 2 aromatic carbocycles. The minimum atomic E-state index is -0.523. The molecule has 0 radical (unpaired) electrons. The van der Waals surface area contributed by atoms with E-state index in [2.05, 4.69) is 63.3 Å². The van der Waals surface area contributed by atoms with Crippen molar-refractivity contribution in [1.29, 1.82) is 0 Å². The molecule has 1 heterocycles. The third-order valence-electron chi connectivity index (χ3n) is 3.60. The molecule has 9 heteroatoms. The quantitative estimate of drug-likeness (QED) is 0.191. The van der Waals surface area contributed by atoms with Gasteiger partial charge in [-0.3, -0.25) is 9.78 Å². The molecular weight excluding hydrogens is 570 g/mol. The van der Waals surface area contributed by atoms with Crippen molar-refractivity contribution in [3.05, 3.63) is 91.0 Å². The second-order valence-electron chi connectivity index (χ2n) is 5.64. The Labute approximate surface area is 191 Å². The molecule has 0 aliphatic rings. The maximum absolute atomic E-state index is 12.5. The molecule has 0 bridgehead atoms. The van der Waals surface area contributed by atoms with Gasteiger partial charge in [0, 0.05) is 32.5 Å². The molecule has 0 aliphatic carbocycles. The number of hydrazone groups is 1. The zero-order valence-corrected chi connectivity index (χ0v) is 19.4. The Kier molecular flexibility index (Phi) is 7.29. The Hall–Kier alpha value is -2.36. The van der Waals surface area contributed by atoms with Gasteiger partial charge in [-0.15, -0.1) is 0 Å². The Morgan fingerprint density at radius 2 is 1.72 bits per heavy atom. The lowest BCUT2D eigenvalue weighted by molar-refractivity contribution is 0.0732. The molecule has 6 nitrogen and oxygen atoms in total. The number of hydrogen-bond donors (Lipinski definition) is 1. The van der Waals surface area contributed by atoms with Gasteiger partial charge >= 0.3 is 5.97 Å². The van der Waals surface area contributed by atoms with Crippen molar-refractivity contribution >= 4 is 65.9 Å². The second kappa shape index (κ2) is 9.91. The lowest BCUT2D eigenvalue weighted by Gasteiger charge is -2.11. The fourth-order valence-electron chi connectivity index (χ4n) is 2.28. The number of benzene rings is 2. The van der Waals surface area contributed by atoms with E-state index in [0.717, 1.165) is 8.95 Å². The zero-order valence-electron chi connectivity index (χ0n) is 14.6. The lowest BCUT2D eigenvalue weighted by Crippen LogP contribution is -2.17. The van der Waals surface area contributed by atoms with Gasteiger partial charge < -0.3 is 4.74 Å². The van der Waals surface area contributed by atoms with Gasteiger partial charge in [-0.1, -0.05) is 37.9 Å². The molecular formula is C20H12Br3N3O3. The Balaban J connectivity index is 1.81. The summed E-state index contributed by atoms with van der Waals surface area (Å²) in [6.07, 6.45) is 4.44. The topological polar surface area (TPSA) is 80.6 Å². The van der Waals surface area contributed by atoms with Crippen molar-refractivity contribution in [2.45, 2.75) is 0 Å². The Morgan fingerprint density at radius 1 is 0.966 bits per heavy atom. The largest absolute Gasteiger partial charge is 0.421 e. The van der Waals surface area contributed by atoms with Gasteiger partial charge in [0.2, 0.25) is 0 Å². The van der Waals surface area contributed by atoms with Gasteiger partial charge in [-0.05, 0) is 58.4 Å². The van der Waals surface area contributed by atoms with Crippen molar-refractivity contribution in [2.24, 2.45) is 5.10 Å². The van der Waals surface area contributed by atoms with E-state index in [1.807, 2.05) is 6.07 Å². The minimum absolute atomic E-state index is 0.278. The van der Waals surface area contributed by atoms with E-state index in [9.17, 15) is 9.59 Å². The molecule has 0 spiro atoms. The van der Waals surface area contributed by atoms with E-state index >= 15 is 0 Å². The average Bonchev–Trinajstić information content (AvgIpc) is 2.71. The van der Waals surface area contributed by atoms with E-state index in [1.165, 1.54) is 18.6 Å². The predicted molar refractivity (Wildman–Crippen MR) is 120 cm³/mol. The number of carbonyl (C=O) groups is 2. The summed E-state index contributed by atoms with van der Waals surface area (Å²) < 4.78 is 7.64. The first-order valence-corrected chi connectivity index (χ1v) is 10.5. The van der Waals surface area contributed by atoms with Gasteiger partial charge in [0.1, 0.15) is 0 Å². The number of amides is 1. The van der Waals surface area contributed by atoms with Crippen LogP contribution in [0.15, 0.2) is 79.4 Å². The van der Waals surface area contributed by atoms with Gasteiger partial charge in [-0.25, -0.2) is 10.2 Å². The van der Waals surface area contributed by atoms with Crippen LogP contribution in [-0.4, -0.2) is 23.1 Å². The van der Waals surface area contributed by atoms with Crippen LogP contribution in [0.3, 0.4) is 0 Å². The standard InChI is InChI=1S/C20H12Br3N3O3/c21-15-3-1-2-13(8-15)20(28)29-18-14(9-16(22)10-17(18)23)11-25-26-19(27)12-4-6-24-7-5-12/h1-11H,(H,26,27)/b25-11-. The SMILES string of the molecule is O=C(N/N=C\c1cc(Br)cc(Br)c1OC(=O)c1cccc(Br)c1)c1ccncc1. The average molecular weight is 582 g/mol. The summed E-state index contributed by atoms with van der Waals surface area (Å²) in [5.74, 6) is -0.629. The zero-order chi connectivity index (χ0) is 20.8. The van der Waals surface area contributed by atoms with E-state index in [0.29, 0.717) is 21.2 Å². The van der Waals surface area contributed by atoms with Crippen molar-refractivity contribution in [3.63, 3.8) is 0 Å². The maximum atomic E-state index is 12.5. The molecule has 1 amide bonds. The Morgan fingerprint density at radius 3 is 2.45 bits per heavy atom. The van der Waals surface area contributed by atoms with Crippen LogP contribution in [0, 0.1) is 0 Å². The Bertz CT molecular complexity index is 1090. The third-order valence-corrected chi connectivity index (χ3v) is 5.14.